The molecule has 0 aromatic heterocycles. The smallest absolute Gasteiger partial charge is 0.251 e. The Bertz CT molecular complexity index is 2580. The van der Waals surface area contributed by atoms with Gasteiger partial charge >= 0.3 is 0 Å². The molecule has 2 fully saturated rings. The molecule has 23 nitrogen and oxygen atoms in total. The summed E-state index contributed by atoms with van der Waals surface area (Å²) in [6.45, 7) is 15.2. The third-order valence-corrected chi connectivity index (χ3v) is 16.7. The number of ether oxygens (including phenoxy) is 4. The van der Waals surface area contributed by atoms with Gasteiger partial charge in [-0.2, -0.15) is 0 Å². The minimum absolute atomic E-state index is 0.00182. The van der Waals surface area contributed by atoms with Crippen molar-refractivity contribution in [2.75, 3.05) is 110 Å². The first kappa shape index (κ1) is 73.5. The highest BCUT2D eigenvalue weighted by atomic mass is 35.5. The second kappa shape index (κ2) is 37.1. The number of carbonyl (C=O) groups is 9. The van der Waals surface area contributed by atoms with Crippen LogP contribution in [-0.2, 0) is 63.7 Å². The van der Waals surface area contributed by atoms with E-state index in [0.717, 1.165) is 5.56 Å². The number of anilines is 2. The molecule has 87 heavy (non-hydrogen) atoms. The number of amides is 9. The molecule has 10 atom stereocenters. The Balaban J connectivity index is 1.34. The summed E-state index contributed by atoms with van der Waals surface area (Å²) >= 11 is 11.2. The van der Waals surface area contributed by atoms with Gasteiger partial charge in [-0.05, 0) is 81.3 Å². The van der Waals surface area contributed by atoms with E-state index in [0.29, 0.717) is 45.2 Å². The summed E-state index contributed by atoms with van der Waals surface area (Å²) in [6, 6.07) is 9.54. The highest BCUT2D eigenvalue weighted by Crippen LogP contribution is 2.31. The lowest BCUT2D eigenvalue weighted by Gasteiger charge is -2.41. The first-order chi connectivity index (χ1) is 41.4. The van der Waals surface area contributed by atoms with Gasteiger partial charge in [-0.3, -0.25) is 48.1 Å². The Labute approximate surface area is 524 Å². The monoisotopic (exact) mass is 1260 g/mol. The van der Waals surface area contributed by atoms with Crippen LogP contribution in [0.25, 0.3) is 0 Å². The van der Waals surface area contributed by atoms with Crippen LogP contribution in [0.4, 0.5) is 11.4 Å². The van der Waals surface area contributed by atoms with Crippen LogP contribution in [0.5, 0.6) is 0 Å². The summed E-state index contributed by atoms with van der Waals surface area (Å²) < 4.78 is 23.5. The van der Waals surface area contributed by atoms with Crippen LogP contribution in [0.2, 0.25) is 0 Å². The van der Waals surface area contributed by atoms with Gasteiger partial charge in [0.1, 0.15) is 29.9 Å². The summed E-state index contributed by atoms with van der Waals surface area (Å²) in [7, 11) is 8.43. The lowest BCUT2D eigenvalue weighted by Crippen LogP contribution is -2.59. The fourth-order valence-corrected chi connectivity index (χ4v) is 11.7. The predicted octanol–water partition coefficient (Wildman–Crippen LogP) is 4.29. The van der Waals surface area contributed by atoms with Crippen molar-refractivity contribution in [1.82, 2.24) is 40.9 Å². The van der Waals surface area contributed by atoms with Gasteiger partial charge in [-0.15, -0.1) is 23.2 Å². The molecule has 6 N–H and O–H groups in total. The van der Waals surface area contributed by atoms with Crippen LogP contribution in [-0.4, -0.2) is 221 Å². The molecule has 2 aliphatic heterocycles. The summed E-state index contributed by atoms with van der Waals surface area (Å²) in [5.74, 6) is -5.20. The zero-order valence-corrected chi connectivity index (χ0v) is 54.4. The molecule has 0 spiro atoms. The van der Waals surface area contributed by atoms with Gasteiger partial charge < -0.3 is 65.5 Å². The van der Waals surface area contributed by atoms with E-state index in [4.69, 9.17) is 42.1 Å². The largest absolute Gasteiger partial charge is 0.379 e. The molecule has 7 unspecified atom stereocenters. The highest BCUT2D eigenvalue weighted by molar-refractivity contribution is 6.30. The van der Waals surface area contributed by atoms with Crippen molar-refractivity contribution in [3.8, 4) is 0 Å². The summed E-state index contributed by atoms with van der Waals surface area (Å²) in [5.41, 5.74) is 1.44. The van der Waals surface area contributed by atoms with Gasteiger partial charge in [-0.25, -0.2) is 0 Å². The average Bonchev–Trinajstić information content (AvgIpc) is 3.33. The van der Waals surface area contributed by atoms with Gasteiger partial charge in [0.25, 0.3) is 5.91 Å². The van der Waals surface area contributed by atoms with Gasteiger partial charge in [0.05, 0.1) is 80.5 Å². The van der Waals surface area contributed by atoms with E-state index in [-0.39, 0.29) is 122 Å². The number of likely N-dealkylation sites (tertiary alicyclic amines) is 2. The average molecular weight is 1260 g/mol. The van der Waals surface area contributed by atoms with Crippen molar-refractivity contribution in [3.05, 3.63) is 59.7 Å². The fourth-order valence-electron chi connectivity index (χ4n) is 11.6. The molecule has 2 aromatic carbocycles. The summed E-state index contributed by atoms with van der Waals surface area (Å²) in [6.07, 6.45) is 1.54. The topological polar surface area (TPSA) is 276 Å². The van der Waals surface area contributed by atoms with Crippen LogP contribution >= 0.6 is 23.2 Å². The van der Waals surface area contributed by atoms with Gasteiger partial charge in [0, 0.05) is 59.4 Å². The maximum Gasteiger partial charge on any atom is 0.251 e. The minimum Gasteiger partial charge on any atom is -0.379 e. The Hall–Kier alpha value is -5.95. The molecule has 25 heteroatoms. The molecule has 0 bridgehead atoms. The second-order valence-corrected chi connectivity index (χ2v) is 23.8. The Morgan fingerprint density at radius 1 is 0.701 bits per heavy atom. The van der Waals surface area contributed by atoms with Gasteiger partial charge in [0.2, 0.25) is 47.3 Å². The van der Waals surface area contributed by atoms with Crippen molar-refractivity contribution in [2.24, 2.45) is 23.7 Å². The number of carbonyl (C=O) groups excluding carboxylic acids is 9. The number of hydrogen-bond donors (Lipinski definition) is 6. The molecule has 2 saturated heterocycles. The van der Waals surface area contributed by atoms with E-state index in [1.54, 1.807) is 23.8 Å². The maximum atomic E-state index is 14.6. The Kier molecular flexibility index (Phi) is 31.4. The van der Waals surface area contributed by atoms with Crippen LogP contribution in [0, 0.1) is 23.7 Å². The minimum atomic E-state index is -1.04. The van der Waals surface area contributed by atoms with E-state index >= 15 is 0 Å². The number of halogens is 2. The number of nitrogens with one attached hydrogen (secondary N) is 6. The Morgan fingerprint density at radius 3 is 1.89 bits per heavy atom. The SMILES string of the molecule is CCC(C)C(C(CC(=O)N1CCCC1C(OC)C(C)C(=O)N[C@@H](Cc1ccccc1)C(=O)N1CCC[C@@H]1C(=O)NCCOCCOCCNC(=O)c1ccc(NC(=O)CCl)c(NC(=O)CCl)c1)OC)N(C)C(=O)[C@@H](NC(=O)C(C(C)C)N(C)C)C(C)C. The standard InChI is InChI=1S/C62H96Cl2N10O13/c1-13-40(6)55(72(10)62(83)53(38(2)3)70-60(81)54(39(4)5)71(8)9)49(84-11)35-52(77)73-27-17-21-47(73)56(85-12)41(7)57(78)69-46(33-42-19-15-14-16-20-42)61(82)74-28-18-22-48(74)59(80)66-26-30-87-32-31-86-29-25-65-58(79)43-23-24-44(67-50(75)36-63)45(34-43)68-51(76)37-64/h14-16,19-20,23-24,34,38-41,46-49,53-56H,13,17-18,21-22,25-33,35-37H2,1-12H3,(H,65,79)(H,66,80)(H,67,75)(H,68,76)(H,69,78)(H,70,81)/t40?,41?,46-,47?,48+,49?,53-,54?,55?,56?/m0/s1. The molecule has 2 aromatic rings. The van der Waals surface area contributed by atoms with E-state index in [1.165, 1.54) is 37.3 Å². The zero-order chi connectivity index (χ0) is 64.5. The molecule has 2 aliphatic rings. The lowest BCUT2D eigenvalue weighted by molar-refractivity contribution is -0.148. The number of hydrogen-bond acceptors (Lipinski definition) is 14. The predicted molar refractivity (Wildman–Crippen MR) is 334 cm³/mol. The molecule has 9 amide bonds. The molecule has 0 aliphatic carbocycles. The first-order valence-corrected chi connectivity index (χ1v) is 31.3. The number of rotatable bonds is 36. The molecule has 4 rings (SSSR count). The fraction of sp³-hybridized carbons (Fsp3) is 0.661. The maximum absolute atomic E-state index is 14.6. The normalized spacial score (nSPS) is 17.8. The number of nitrogens with zero attached hydrogens (tertiary/aromatic N) is 4. The number of benzene rings is 2. The van der Waals surface area contributed by atoms with Crippen molar-refractivity contribution >= 4 is 87.7 Å². The van der Waals surface area contributed by atoms with Crippen molar-refractivity contribution in [2.45, 2.75) is 142 Å². The highest BCUT2D eigenvalue weighted by Gasteiger charge is 2.45. The summed E-state index contributed by atoms with van der Waals surface area (Å²) in [5, 5.41) is 16.8. The van der Waals surface area contributed by atoms with Crippen LogP contribution in [0.3, 0.4) is 0 Å². The van der Waals surface area contributed by atoms with E-state index in [9.17, 15) is 43.2 Å². The second-order valence-electron chi connectivity index (χ2n) is 23.3. The first-order valence-electron chi connectivity index (χ1n) is 30.2. The number of methoxy groups -OCH3 is 2. The third kappa shape index (κ3) is 21.7. The van der Waals surface area contributed by atoms with Crippen molar-refractivity contribution < 1.29 is 62.1 Å². The van der Waals surface area contributed by atoms with Crippen molar-refractivity contribution in [3.63, 3.8) is 0 Å². The Morgan fingerprint density at radius 2 is 1.31 bits per heavy atom. The molecular weight excluding hydrogens is 1160 g/mol. The van der Waals surface area contributed by atoms with E-state index < -0.39 is 83.9 Å². The van der Waals surface area contributed by atoms with E-state index in [1.807, 2.05) is 90.9 Å². The van der Waals surface area contributed by atoms with Crippen LogP contribution in [0.15, 0.2) is 48.5 Å². The molecule has 486 valence electrons. The molecule has 0 radical (unpaired) electrons. The zero-order valence-electron chi connectivity index (χ0n) is 52.9. The van der Waals surface area contributed by atoms with Gasteiger partial charge in [-0.1, -0.05) is 85.2 Å². The molecule has 2 heterocycles. The molecular formula is C62H96Cl2N10O13. The van der Waals surface area contributed by atoms with Crippen LogP contribution < -0.4 is 31.9 Å². The van der Waals surface area contributed by atoms with Crippen molar-refractivity contribution in [1.29, 1.82) is 0 Å². The quantitative estimate of drug-likeness (QED) is 0.0411. The van der Waals surface area contributed by atoms with E-state index in [2.05, 4.69) is 31.9 Å². The lowest BCUT2D eigenvalue weighted by atomic mass is 9.89. The van der Waals surface area contributed by atoms with Crippen LogP contribution in [0.1, 0.15) is 103 Å². The van der Waals surface area contributed by atoms with Gasteiger partial charge in [0.15, 0.2) is 0 Å². The number of likely N-dealkylation sites (N-methyl/N-ethyl adjacent to an activating group) is 2. The summed E-state index contributed by atoms with van der Waals surface area (Å²) in [4.78, 5) is 129. The third-order valence-electron chi connectivity index (χ3n) is 16.2. The number of alkyl halides is 2. The molecule has 0 saturated carbocycles.